The van der Waals surface area contributed by atoms with Crippen LogP contribution in [0.25, 0.3) is 0 Å². The Labute approximate surface area is 394 Å². The summed E-state index contributed by atoms with van der Waals surface area (Å²) in [4.78, 5) is 26.0. The summed E-state index contributed by atoms with van der Waals surface area (Å²) in [5, 5.41) is 8.85. The first-order valence-electron chi connectivity index (χ1n) is 26.6. The minimum Gasteiger partial charge on any atom is -0.494 e. The number of carboxylic acid groups (broad SMARTS) is 1. The number of benzene rings is 2. The van der Waals surface area contributed by atoms with E-state index < -0.39 is 5.97 Å². The molecule has 1 N–H and O–H groups in total. The second kappa shape index (κ2) is 43.5. The number of carboxylic acids is 1. The van der Waals surface area contributed by atoms with Crippen LogP contribution in [-0.2, 0) is 14.3 Å². The molecule has 0 amide bonds. The fourth-order valence-electron chi connectivity index (χ4n) is 8.06. The third kappa shape index (κ3) is 35.9. The number of ether oxygens (including phenoxy) is 3. The van der Waals surface area contributed by atoms with Crippen molar-refractivity contribution in [2.75, 3.05) is 56.8 Å². The second-order valence-electron chi connectivity index (χ2n) is 18.2. The lowest BCUT2D eigenvalue weighted by Gasteiger charge is -2.18. The number of likely N-dealkylation sites (N-methyl/N-ethyl adjacent to an activating group) is 2. The lowest BCUT2D eigenvalue weighted by Crippen LogP contribution is -2.26. The van der Waals surface area contributed by atoms with Gasteiger partial charge in [-0.2, -0.15) is 0 Å². The molecule has 0 fully saturated rings. The van der Waals surface area contributed by atoms with E-state index in [-0.39, 0.29) is 19.1 Å². The van der Waals surface area contributed by atoms with E-state index in [0.717, 1.165) is 48.9 Å². The van der Waals surface area contributed by atoms with Gasteiger partial charge >= 0.3 is 11.9 Å². The molecular weight excluding hydrogens is 797 g/mol. The lowest BCUT2D eigenvalue weighted by molar-refractivity contribution is -0.141. The maximum absolute atomic E-state index is 11.6. The average molecular weight is 895 g/mol. The first-order valence-corrected chi connectivity index (χ1v) is 26.6. The molecule has 368 valence electrons. The normalized spacial score (nSPS) is 10.9. The van der Waals surface area contributed by atoms with E-state index >= 15 is 0 Å². The van der Waals surface area contributed by atoms with Crippen LogP contribution in [0.15, 0.2) is 48.5 Å². The Balaban J connectivity index is 0.000000641. The molecule has 2 rings (SSSR count). The van der Waals surface area contributed by atoms with Crippen LogP contribution >= 0.6 is 0 Å². The standard InChI is InChI=1S/C29H51NO3.C27H47NO3/c1-4-6-7-8-9-10-11-12-13-14-15-16-17-18-19-20-25-33-28-23-21-27(22-24-28)30(3)26-29(31)32-5-2;1-3-4-5-6-7-8-9-10-11-12-13-14-15-16-17-18-23-31-26-21-19-25(20-22-26)28(2)24-27(29)30/h21-24H,4-20,25-26H2,1-3H3;19-22H,3-18,23-24H2,1-2H3,(H,29,30). The quantitative estimate of drug-likeness (QED) is 0.0520. The van der Waals surface area contributed by atoms with Crippen molar-refractivity contribution < 1.29 is 28.9 Å². The zero-order valence-corrected chi connectivity index (χ0v) is 42.2. The number of esters is 1. The van der Waals surface area contributed by atoms with Crippen molar-refractivity contribution in [1.29, 1.82) is 0 Å². The maximum atomic E-state index is 11.6. The minimum absolute atomic E-state index is 0.000598. The molecule has 2 aromatic carbocycles. The lowest BCUT2D eigenvalue weighted by atomic mass is 10.0. The number of anilines is 2. The van der Waals surface area contributed by atoms with Crippen molar-refractivity contribution in [3.05, 3.63) is 48.5 Å². The van der Waals surface area contributed by atoms with Crippen molar-refractivity contribution in [3.63, 3.8) is 0 Å². The van der Waals surface area contributed by atoms with E-state index in [4.69, 9.17) is 19.3 Å². The number of aliphatic carboxylic acids is 1. The molecular formula is C56H98N2O6. The second-order valence-corrected chi connectivity index (χ2v) is 18.2. The van der Waals surface area contributed by atoms with Gasteiger partial charge < -0.3 is 29.1 Å². The van der Waals surface area contributed by atoms with Crippen LogP contribution in [0.3, 0.4) is 0 Å². The molecule has 8 nitrogen and oxygen atoms in total. The SMILES string of the molecule is CCCCCCCCCCCCCCCCCCOc1ccc(N(C)CC(=O)O)cc1.CCCCCCCCCCCCCCCCCCOc1ccc(N(C)CC(=O)OCC)cc1. The molecule has 0 atom stereocenters. The summed E-state index contributed by atoms with van der Waals surface area (Å²) in [5.41, 5.74) is 1.87. The molecule has 0 aliphatic heterocycles. The van der Waals surface area contributed by atoms with Gasteiger partial charge in [0.2, 0.25) is 0 Å². The summed E-state index contributed by atoms with van der Waals surface area (Å²) in [7, 11) is 3.67. The van der Waals surface area contributed by atoms with Gasteiger partial charge in [0.1, 0.15) is 24.6 Å². The number of hydrogen-bond donors (Lipinski definition) is 1. The van der Waals surface area contributed by atoms with Gasteiger partial charge in [0, 0.05) is 25.5 Å². The number of unbranched alkanes of at least 4 members (excludes halogenated alkanes) is 30. The zero-order valence-electron chi connectivity index (χ0n) is 42.2. The van der Waals surface area contributed by atoms with Gasteiger partial charge in [-0.05, 0) is 68.3 Å². The van der Waals surface area contributed by atoms with E-state index in [1.807, 2.05) is 67.4 Å². The van der Waals surface area contributed by atoms with Crippen molar-refractivity contribution in [2.45, 2.75) is 226 Å². The van der Waals surface area contributed by atoms with E-state index in [2.05, 4.69) is 13.8 Å². The Kier molecular flexibility index (Phi) is 39.8. The highest BCUT2D eigenvalue weighted by Crippen LogP contribution is 2.21. The van der Waals surface area contributed by atoms with Crippen LogP contribution in [0.5, 0.6) is 11.5 Å². The third-order valence-corrected chi connectivity index (χ3v) is 12.1. The van der Waals surface area contributed by atoms with E-state index in [1.54, 1.807) is 11.9 Å². The number of hydrogen-bond acceptors (Lipinski definition) is 7. The summed E-state index contributed by atoms with van der Waals surface area (Å²) < 4.78 is 16.7. The molecule has 8 heteroatoms. The minimum atomic E-state index is -0.827. The van der Waals surface area contributed by atoms with E-state index in [9.17, 15) is 9.59 Å². The highest BCUT2D eigenvalue weighted by molar-refractivity contribution is 5.75. The van der Waals surface area contributed by atoms with Gasteiger partial charge in [-0.15, -0.1) is 0 Å². The number of rotatable bonds is 43. The molecule has 2 aromatic rings. The van der Waals surface area contributed by atoms with Crippen molar-refractivity contribution >= 4 is 23.3 Å². The van der Waals surface area contributed by atoms with Gasteiger partial charge in [0.25, 0.3) is 0 Å². The Bertz CT molecular complexity index is 1320. The van der Waals surface area contributed by atoms with Gasteiger partial charge in [0.05, 0.1) is 19.8 Å². The molecule has 0 saturated heterocycles. The topological polar surface area (TPSA) is 88.5 Å². The molecule has 64 heavy (non-hydrogen) atoms. The molecule has 0 heterocycles. The zero-order chi connectivity index (χ0) is 46.6. The van der Waals surface area contributed by atoms with Crippen LogP contribution < -0.4 is 19.3 Å². The highest BCUT2D eigenvalue weighted by Gasteiger charge is 2.09. The molecule has 0 unspecified atom stereocenters. The highest BCUT2D eigenvalue weighted by atomic mass is 16.5. The summed E-state index contributed by atoms with van der Waals surface area (Å²) in [5.74, 6) is 0.716. The van der Waals surface area contributed by atoms with E-state index in [0.29, 0.717) is 6.61 Å². The number of nitrogens with zero attached hydrogens (tertiary/aromatic N) is 2. The van der Waals surface area contributed by atoms with Crippen molar-refractivity contribution in [2.24, 2.45) is 0 Å². The van der Waals surface area contributed by atoms with Crippen LogP contribution in [0.4, 0.5) is 11.4 Å². The molecule has 0 aliphatic carbocycles. The summed E-state index contributed by atoms with van der Waals surface area (Å²) >= 11 is 0. The van der Waals surface area contributed by atoms with Gasteiger partial charge in [0.15, 0.2) is 0 Å². The molecule has 0 aromatic heterocycles. The monoisotopic (exact) mass is 895 g/mol. The van der Waals surface area contributed by atoms with Crippen LogP contribution in [0.1, 0.15) is 226 Å². The Morgan fingerprint density at radius 1 is 0.406 bits per heavy atom. The summed E-state index contributed by atoms with van der Waals surface area (Å²) in [6.07, 6.45) is 44.1. The summed E-state index contributed by atoms with van der Waals surface area (Å²) in [6, 6.07) is 15.6. The molecule has 0 saturated carbocycles. The van der Waals surface area contributed by atoms with Gasteiger partial charge in [-0.1, -0.05) is 206 Å². The van der Waals surface area contributed by atoms with Crippen molar-refractivity contribution in [1.82, 2.24) is 0 Å². The number of carbonyl (C=O) groups is 2. The Morgan fingerprint density at radius 2 is 0.672 bits per heavy atom. The van der Waals surface area contributed by atoms with Crippen LogP contribution in [0, 0.1) is 0 Å². The van der Waals surface area contributed by atoms with Crippen LogP contribution in [-0.4, -0.2) is 64.1 Å². The smallest absolute Gasteiger partial charge is 0.325 e. The van der Waals surface area contributed by atoms with Crippen molar-refractivity contribution in [3.8, 4) is 11.5 Å². The first-order chi connectivity index (χ1) is 31.3. The Hall–Kier alpha value is -3.42. The molecule has 0 bridgehead atoms. The fraction of sp³-hybridized carbons (Fsp3) is 0.750. The predicted octanol–water partition coefficient (Wildman–Crippen LogP) is 16.2. The Morgan fingerprint density at radius 3 is 0.938 bits per heavy atom. The fourth-order valence-corrected chi connectivity index (χ4v) is 8.06. The largest absolute Gasteiger partial charge is 0.494 e. The first kappa shape index (κ1) is 58.6. The predicted molar refractivity (Wildman–Crippen MR) is 274 cm³/mol. The molecule has 0 aliphatic rings. The molecule has 0 radical (unpaired) electrons. The number of carbonyl (C=O) groups excluding carboxylic acids is 1. The molecule has 0 spiro atoms. The van der Waals surface area contributed by atoms with Crippen LogP contribution in [0.2, 0.25) is 0 Å². The third-order valence-electron chi connectivity index (χ3n) is 12.1. The maximum Gasteiger partial charge on any atom is 0.325 e. The average Bonchev–Trinajstić information content (AvgIpc) is 3.29. The van der Waals surface area contributed by atoms with Gasteiger partial charge in [-0.3, -0.25) is 9.59 Å². The van der Waals surface area contributed by atoms with Gasteiger partial charge in [-0.25, -0.2) is 0 Å². The summed E-state index contributed by atoms with van der Waals surface area (Å²) in [6.45, 7) is 8.59. The van der Waals surface area contributed by atoms with E-state index in [1.165, 1.54) is 193 Å².